The molecule has 0 amide bonds. The average Bonchev–Trinajstić information content (AvgIpc) is 2.35. The van der Waals surface area contributed by atoms with Gasteiger partial charge in [0.2, 0.25) is 5.69 Å². The van der Waals surface area contributed by atoms with Crippen LogP contribution >= 0.6 is 23.2 Å². The van der Waals surface area contributed by atoms with E-state index < -0.39 is 5.82 Å². The van der Waals surface area contributed by atoms with Crippen LogP contribution in [0.3, 0.4) is 0 Å². The third-order valence-corrected chi connectivity index (χ3v) is 2.93. The molecule has 0 aliphatic carbocycles. The monoisotopic (exact) mass is 283 g/mol. The lowest BCUT2D eigenvalue weighted by Gasteiger charge is -2.05. The summed E-state index contributed by atoms with van der Waals surface area (Å²) in [6, 6.07) is 10.8. The summed E-state index contributed by atoms with van der Waals surface area (Å²) in [4.78, 5) is 0. The zero-order valence-corrected chi connectivity index (χ0v) is 10.6. The molecule has 0 heterocycles. The Morgan fingerprint density at radius 2 is 1.72 bits per heavy atom. The fourth-order valence-electron chi connectivity index (χ4n) is 1.42. The number of rotatable bonds is 2. The Morgan fingerprint density at radius 1 is 1.06 bits per heavy atom. The van der Waals surface area contributed by atoms with Crippen LogP contribution in [0.4, 0.5) is 10.1 Å². The normalized spacial score (nSPS) is 11.6. The van der Waals surface area contributed by atoms with Crippen molar-refractivity contribution in [3.05, 3.63) is 69.1 Å². The van der Waals surface area contributed by atoms with Crippen LogP contribution in [0, 0.1) is 11.0 Å². The van der Waals surface area contributed by atoms with E-state index in [-0.39, 0.29) is 10.7 Å². The highest BCUT2D eigenvalue weighted by Crippen LogP contribution is 2.26. The predicted molar refractivity (Wildman–Crippen MR) is 71.3 cm³/mol. The standard InChI is InChI=1S/C13H8Cl2FNO/c14-10-6-4-9(5-7-10)8-17(18)12-3-1-2-11(16)13(12)15/h1-8H. The Bertz CT molecular complexity index is 596. The SMILES string of the molecule is [O-][N+](=Cc1ccc(Cl)cc1)c1cccc(F)c1Cl. The van der Waals surface area contributed by atoms with Crippen LogP contribution in [0.15, 0.2) is 42.5 Å². The second kappa shape index (κ2) is 5.38. The number of hydrogen-bond acceptors (Lipinski definition) is 1. The van der Waals surface area contributed by atoms with Gasteiger partial charge in [0.15, 0.2) is 6.21 Å². The summed E-state index contributed by atoms with van der Waals surface area (Å²) in [7, 11) is 0. The van der Waals surface area contributed by atoms with E-state index in [0.29, 0.717) is 15.3 Å². The summed E-state index contributed by atoms with van der Waals surface area (Å²) in [5, 5.41) is 12.2. The molecule has 92 valence electrons. The van der Waals surface area contributed by atoms with E-state index in [4.69, 9.17) is 23.2 Å². The Morgan fingerprint density at radius 3 is 2.39 bits per heavy atom. The highest BCUT2D eigenvalue weighted by Gasteiger charge is 2.12. The van der Waals surface area contributed by atoms with Gasteiger partial charge in [0.25, 0.3) is 0 Å². The first-order valence-corrected chi connectivity index (χ1v) is 5.84. The zero-order chi connectivity index (χ0) is 13.1. The quantitative estimate of drug-likeness (QED) is 0.347. The first kappa shape index (κ1) is 12.9. The summed E-state index contributed by atoms with van der Waals surface area (Å²) >= 11 is 11.5. The number of halogens is 3. The molecule has 0 aliphatic rings. The van der Waals surface area contributed by atoms with E-state index in [0.717, 1.165) is 0 Å². The average molecular weight is 284 g/mol. The first-order valence-electron chi connectivity index (χ1n) is 5.09. The fourth-order valence-corrected chi connectivity index (χ4v) is 1.75. The largest absolute Gasteiger partial charge is 0.618 e. The maximum absolute atomic E-state index is 13.2. The van der Waals surface area contributed by atoms with Gasteiger partial charge in [-0.3, -0.25) is 0 Å². The molecule has 2 rings (SSSR count). The van der Waals surface area contributed by atoms with Crippen LogP contribution in [0.25, 0.3) is 0 Å². The number of nitrogens with zero attached hydrogens (tertiary/aromatic N) is 1. The molecular formula is C13H8Cl2FNO. The van der Waals surface area contributed by atoms with E-state index in [1.165, 1.54) is 24.4 Å². The van der Waals surface area contributed by atoms with Crippen molar-refractivity contribution in [2.24, 2.45) is 0 Å². The second-order valence-corrected chi connectivity index (χ2v) is 4.39. The Labute approximate surface area is 113 Å². The summed E-state index contributed by atoms with van der Waals surface area (Å²) in [5.74, 6) is -0.625. The van der Waals surface area contributed by atoms with Crippen molar-refractivity contribution in [2.45, 2.75) is 0 Å². The molecule has 2 aromatic carbocycles. The van der Waals surface area contributed by atoms with Crippen LogP contribution in [0.5, 0.6) is 0 Å². The number of hydrogen-bond donors (Lipinski definition) is 0. The third-order valence-electron chi connectivity index (χ3n) is 2.30. The smallest absolute Gasteiger partial charge is 0.238 e. The molecule has 0 aromatic heterocycles. The molecule has 0 atom stereocenters. The van der Waals surface area contributed by atoms with Crippen molar-refractivity contribution in [1.82, 2.24) is 0 Å². The highest BCUT2D eigenvalue weighted by molar-refractivity contribution is 6.32. The molecule has 0 spiro atoms. The third kappa shape index (κ3) is 2.81. The van der Waals surface area contributed by atoms with Gasteiger partial charge in [0, 0.05) is 16.7 Å². The minimum absolute atomic E-state index is 0.0617. The molecule has 0 fully saturated rings. The van der Waals surface area contributed by atoms with Gasteiger partial charge >= 0.3 is 0 Å². The molecule has 0 N–H and O–H groups in total. The van der Waals surface area contributed by atoms with E-state index in [2.05, 4.69) is 0 Å². The van der Waals surface area contributed by atoms with Gasteiger partial charge in [0.1, 0.15) is 10.8 Å². The topological polar surface area (TPSA) is 26.1 Å². The van der Waals surface area contributed by atoms with E-state index in [1.54, 1.807) is 24.3 Å². The second-order valence-electron chi connectivity index (χ2n) is 3.58. The van der Waals surface area contributed by atoms with E-state index in [1.807, 2.05) is 0 Å². The van der Waals surface area contributed by atoms with Gasteiger partial charge in [0.05, 0.1) is 0 Å². The van der Waals surface area contributed by atoms with Crippen LogP contribution in [-0.4, -0.2) is 11.0 Å². The van der Waals surface area contributed by atoms with Gasteiger partial charge in [-0.15, -0.1) is 0 Å². The molecular weight excluding hydrogens is 276 g/mol. The van der Waals surface area contributed by atoms with Gasteiger partial charge in [-0.25, -0.2) is 4.39 Å². The van der Waals surface area contributed by atoms with Crippen LogP contribution in [0.1, 0.15) is 5.56 Å². The van der Waals surface area contributed by atoms with Crippen molar-refractivity contribution in [1.29, 1.82) is 0 Å². The molecule has 2 nitrogen and oxygen atoms in total. The molecule has 0 unspecified atom stereocenters. The highest BCUT2D eigenvalue weighted by atomic mass is 35.5. The van der Waals surface area contributed by atoms with E-state index >= 15 is 0 Å². The summed E-state index contributed by atoms with van der Waals surface area (Å²) in [6.45, 7) is 0. The molecule has 18 heavy (non-hydrogen) atoms. The molecule has 0 saturated carbocycles. The van der Waals surface area contributed by atoms with Gasteiger partial charge in [-0.2, -0.15) is 4.74 Å². The fraction of sp³-hybridized carbons (Fsp3) is 0. The first-order chi connectivity index (χ1) is 8.58. The minimum atomic E-state index is -0.625. The lowest BCUT2D eigenvalue weighted by atomic mass is 10.2. The van der Waals surface area contributed by atoms with Crippen LogP contribution < -0.4 is 0 Å². The molecule has 2 aromatic rings. The Hall–Kier alpha value is -1.58. The zero-order valence-electron chi connectivity index (χ0n) is 9.11. The van der Waals surface area contributed by atoms with Crippen LogP contribution in [0.2, 0.25) is 10.0 Å². The lowest BCUT2D eigenvalue weighted by Crippen LogP contribution is -2.00. The Kier molecular flexibility index (Phi) is 3.84. The summed E-state index contributed by atoms with van der Waals surface area (Å²) in [6.07, 6.45) is 1.30. The van der Waals surface area contributed by atoms with Gasteiger partial charge in [-0.1, -0.05) is 29.3 Å². The molecule has 0 saturated heterocycles. The van der Waals surface area contributed by atoms with Crippen molar-refractivity contribution in [3.8, 4) is 0 Å². The van der Waals surface area contributed by atoms with Crippen molar-refractivity contribution < 1.29 is 9.13 Å². The molecule has 0 radical (unpaired) electrons. The summed E-state index contributed by atoms with van der Waals surface area (Å²) in [5.41, 5.74) is 0.710. The lowest BCUT2D eigenvalue weighted by molar-refractivity contribution is -0.354. The van der Waals surface area contributed by atoms with E-state index in [9.17, 15) is 9.60 Å². The van der Waals surface area contributed by atoms with Crippen LogP contribution in [-0.2, 0) is 0 Å². The van der Waals surface area contributed by atoms with Crippen molar-refractivity contribution >= 4 is 35.1 Å². The Balaban J connectivity index is 2.39. The maximum atomic E-state index is 13.2. The minimum Gasteiger partial charge on any atom is -0.618 e. The molecule has 5 heteroatoms. The van der Waals surface area contributed by atoms with Crippen molar-refractivity contribution in [2.75, 3.05) is 0 Å². The molecule has 0 bridgehead atoms. The predicted octanol–water partition coefficient (Wildman–Crippen LogP) is 4.39. The van der Waals surface area contributed by atoms with Crippen molar-refractivity contribution in [3.63, 3.8) is 0 Å². The van der Waals surface area contributed by atoms with Gasteiger partial charge in [-0.05, 0) is 30.3 Å². The maximum Gasteiger partial charge on any atom is 0.238 e. The summed E-state index contributed by atoms with van der Waals surface area (Å²) < 4.78 is 13.7. The number of benzene rings is 2. The van der Waals surface area contributed by atoms with Gasteiger partial charge < -0.3 is 5.21 Å². The molecule has 0 aliphatic heterocycles.